The molecule has 102 valence electrons. The van der Waals surface area contributed by atoms with Gasteiger partial charge in [-0.05, 0) is 19.9 Å². The molecule has 0 aliphatic carbocycles. The molecule has 0 saturated carbocycles. The van der Waals surface area contributed by atoms with Crippen molar-refractivity contribution >= 4 is 33.4 Å². The van der Waals surface area contributed by atoms with Crippen LogP contribution >= 0.6 is 23.5 Å². The molecule has 6 heteroatoms. The third kappa shape index (κ3) is 5.85. The predicted octanol–water partition coefficient (Wildman–Crippen LogP) is 1.64. The number of thioether (sulfide) groups is 2. The maximum atomic E-state index is 11.4. The Kier molecular flexibility index (Phi) is 7.30. The molecule has 0 radical (unpaired) electrons. The van der Waals surface area contributed by atoms with Crippen LogP contribution in [0, 0.1) is 0 Å². The fourth-order valence-corrected chi connectivity index (χ4v) is 5.79. The molecule has 1 aliphatic heterocycles. The normalized spacial score (nSPS) is 23.5. The van der Waals surface area contributed by atoms with Crippen LogP contribution in [0.4, 0.5) is 0 Å². The lowest BCUT2D eigenvalue weighted by atomic mass is 10.1. The molecular formula is C11H23NO2S3. The van der Waals surface area contributed by atoms with Gasteiger partial charge in [-0.2, -0.15) is 23.5 Å². The third-order valence-electron chi connectivity index (χ3n) is 3.07. The number of sulfone groups is 1. The Hall–Kier alpha value is 0.610. The molecule has 3 nitrogen and oxygen atoms in total. The zero-order valence-electron chi connectivity index (χ0n) is 10.6. The van der Waals surface area contributed by atoms with Gasteiger partial charge in [0.25, 0.3) is 0 Å². The number of rotatable bonds is 7. The number of hydrogen-bond acceptors (Lipinski definition) is 5. The van der Waals surface area contributed by atoms with Gasteiger partial charge in [0, 0.05) is 34.3 Å². The minimum absolute atomic E-state index is 0.269. The summed E-state index contributed by atoms with van der Waals surface area (Å²) in [5, 5.41) is 3.99. The minimum Gasteiger partial charge on any atom is -0.316 e. The fourth-order valence-electron chi connectivity index (χ4n) is 1.92. The topological polar surface area (TPSA) is 46.2 Å². The Balaban J connectivity index is 2.31. The summed E-state index contributed by atoms with van der Waals surface area (Å²) >= 11 is 4.04. The summed E-state index contributed by atoms with van der Waals surface area (Å²) in [6.07, 6.45) is 1.75. The molecule has 2 atom stereocenters. The Morgan fingerprint density at radius 1 is 1.41 bits per heavy atom. The molecule has 0 aromatic carbocycles. The van der Waals surface area contributed by atoms with E-state index in [1.54, 1.807) is 6.92 Å². The van der Waals surface area contributed by atoms with Crippen molar-refractivity contribution in [3.63, 3.8) is 0 Å². The number of nitrogens with one attached hydrogen (secondary N) is 1. The zero-order valence-corrected chi connectivity index (χ0v) is 13.1. The summed E-state index contributed by atoms with van der Waals surface area (Å²) in [7, 11) is -0.809. The van der Waals surface area contributed by atoms with Crippen molar-refractivity contribution in [3.05, 3.63) is 0 Å². The van der Waals surface area contributed by atoms with Crippen LogP contribution in [0.15, 0.2) is 0 Å². The fraction of sp³-hybridized carbons (Fsp3) is 1.00. The smallest absolute Gasteiger partial charge is 0.150 e. The monoisotopic (exact) mass is 297 g/mol. The van der Waals surface area contributed by atoms with Crippen molar-refractivity contribution in [2.75, 3.05) is 35.8 Å². The summed E-state index contributed by atoms with van der Waals surface area (Å²) in [4.78, 5) is 0. The second kappa shape index (κ2) is 7.92. The summed E-state index contributed by atoms with van der Waals surface area (Å²) in [6, 6.07) is 0.458. The lowest BCUT2D eigenvalue weighted by Gasteiger charge is -2.29. The largest absolute Gasteiger partial charge is 0.316 e. The van der Waals surface area contributed by atoms with Gasteiger partial charge in [-0.25, -0.2) is 8.42 Å². The van der Waals surface area contributed by atoms with Gasteiger partial charge in [-0.15, -0.1) is 0 Å². The molecule has 0 amide bonds. The summed E-state index contributed by atoms with van der Waals surface area (Å²) in [5.41, 5.74) is 0. The highest BCUT2D eigenvalue weighted by atomic mass is 32.2. The van der Waals surface area contributed by atoms with Crippen LogP contribution in [0.1, 0.15) is 19.8 Å². The lowest BCUT2D eigenvalue weighted by molar-refractivity contribution is 0.512. The van der Waals surface area contributed by atoms with Crippen molar-refractivity contribution in [3.8, 4) is 0 Å². The summed E-state index contributed by atoms with van der Waals surface area (Å²) in [6.45, 7) is 1.72. The van der Waals surface area contributed by atoms with E-state index in [4.69, 9.17) is 0 Å². The molecule has 0 aromatic rings. The Bertz CT molecular complexity index is 300. The van der Waals surface area contributed by atoms with E-state index in [1.165, 1.54) is 17.3 Å². The molecule has 0 bridgehead atoms. The summed E-state index contributed by atoms with van der Waals surface area (Å²) in [5.74, 6) is 4.27. The summed E-state index contributed by atoms with van der Waals surface area (Å²) < 4.78 is 22.8. The molecule has 1 N–H and O–H groups in total. The van der Waals surface area contributed by atoms with Gasteiger partial charge in [0.2, 0.25) is 0 Å². The number of hydrogen-bond donors (Lipinski definition) is 1. The Labute approximate surface area is 114 Å². The van der Waals surface area contributed by atoms with Crippen LogP contribution < -0.4 is 5.32 Å². The van der Waals surface area contributed by atoms with E-state index in [9.17, 15) is 8.42 Å². The highest BCUT2D eigenvalue weighted by Crippen LogP contribution is 2.28. The molecule has 1 heterocycles. The predicted molar refractivity (Wildman–Crippen MR) is 80.0 cm³/mol. The average Bonchev–Trinajstić information content (AvgIpc) is 2.36. The van der Waals surface area contributed by atoms with Gasteiger partial charge >= 0.3 is 0 Å². The van der Waals surface area contributed by atoms with Crippen LogP contribution in [0.25, 0.3) is 0 Å². The lowest BCUT2D eigenvalue weighted by Crippen LogP contribution is -2.39. The Morgan fingerprint density at radius 3 is 2.71 bits per heavy atom. The van der Waals surface area contributed by atoms with Crippen LogP contribution in [-0.4, -0.2) is 55.5 Å². The maximum absolute atomic E-state index is 11.4. The molecule has 0 spiro atoms. The van der Waals surface area contributed by atoms with Crippen molar-refractivity contribution in [2.45, 2.75) is 31.1 Å². The van der Waals surface area contributed by atoms with Gasteiger partial charge in [0.15, 0.2) is 0 Å². The van der Waals surface area contributed by atoms with E-state index < -0.39 is 9.84 Å². The van der Waals surface area contributed by atoms with E-state index in [1.807, 2.05) is 30.6 Å². The van der Waals surface area contributed by atoms with E-state index in [-0.39, 0.29) is 5.75 Å². The maximum Gasteiger partial charge on any atom is 0.150 e. The first-order valence-corrected chi connectivity index (χ1v) is 10.2. The molecule has 0 aromatic heterocycles. The molecule has 17 heavy (non-hydrogen) atoms. The molecule has 1 fully saturated rings. The van der Waals surface area contributed by atoms with Crippen molar-refractivity contribution in [2.24, 2.45) is 0 Å². The second-order valence-electron chi connectivity index (χ2n) is 4.26. The molecule has 1 rings (SSSR count). The van der Waals surface area contributed by atoms with Crippen LogP contribution in [0.5, 0.6) is 0 Å². The van der Waals surface area contributed by atoms with Gasteiger partial charge < -0.3 is 5.32 Å². The highest BCUT2D eigenvalue weighted by molar-refractivity contribution is 8.06. The van der Waals surface area contributed by atoms with Crippen LogP contribution in [0.3, 0.4) is 0 Å². The second-order valence-corrected chi connectivity index (χ2v) is 9.23. The Morgan fingerprint density at radius 2 is 2.18 bits per heavy atom. The first-order valence-electron chi connectivity index (χ1n) is 6.16. The first-order chi connectivity index (χ1) is 8.09. The van der Waals surface area contributed by atoms with Gasteiger partial charge in [-0.1, -0.05) is 6.92 Å². The molecular weight excluding hydrogens is 274 g/mol. The molecule has 1 saturated heterocycles. The molecule has 2 unspecified atom stereocenters. The van der Waals surface area contributed by atoms with Crippen LogP contribution in [0.2, 0.25) is 0 Å². The third-order valence-corrected chi connectivity index (χ3v) is 7.78. The van der Waals surface area contributed by atoms with Gasteiger partial charge in [0.1, 0.15) is 9.84 Å². The average molecular weight is 298 g/mol. The van der Waals surface area contributed by atoms with Crippen molar-refractivity contribution in [1.82, 2.24) is 5.32 Å². The van der Waals surface area contributed by atoms with Gasteiger partial charge in [0.05, 0.1) is 5.75 Å². The SMILES string of the molecule is CCS(=O)(=O)CCCC(NC)C1CSCCS1. The van der Waals surface area contributed by atoms with Crippen molar-refractivity contribution in [1.29, 1.82) is 0 Å². The zero-order chi connectivity index (χ0) is 12.7. The van der Waals surface area contributed by atoms with Crippen molar-refractivity contribution < 1.29 is 8.42 Å². The van der Waals surface area contributed by atoms with E-state index in [0.29, 0.717) is 17.0 Å². The highest BCUT2D eigenvalue weighted by Gasteiger charge is 2.23. The van der Waals surface area contributed by atoms with E-state index in [2.05, 4.69) is 5.32 Å². The standard InChI is InChI=1S/C11H23NO2S3/c1-3-17(13,14)8-4-5-10(12-2)11-9-15-6-7-16-11/h10-12H,3-9H2,1-2H3. The van der Waals surface area contributed by atoms with E-state index in [0.717, 1.165) is 12.8 Å². The minimum atomic E-state index is -2.79. The molecule has 1 aliphatic rings. The van der Waals surface area contributed by atoms with Crippen LogP contribution in [-0.2, 0) is 9.84 Å². The first kappa shape index (κ1) is 15.7. The van der Waals surface area contributed by atoms with E-state index >= 15 is 0 Å². The quantitative estimate of drug-likeness (QED) is 0.774. The van der Waals surface area contributed by atoms with Gasteiger partial charge in [-0.3, -0.25) is 0 Å².